The van der Waals surface area contributed by atoms with Crippen LogP contribution in [0, 0.1) is 0 Å². The van der Waals surface area contributed by atoms with Gasteiger partial charge in [0.1, 0.15) is 0 Å². The van der Waals surface area contributed by atoms with Crippen molar-refractivity contribution in [2.45, 2.75) is 32.5 Å². The monoisotopic (exact) mass is 312 g/mol. The van der Waals surface area contributed by atoms with Gasteiger partial charge in [0.25, 0.3) is 0 Å². The summed E-state index contributed by atoms with van der Waals surface area (Å²) in [6.45, 7) is 6.64. The smallest absolute Gasteiger partial charge is 0.0700 e. The lowest BCUT2D eigenvalue weighted by molar-refractivity contribution is -0.0325. The van der Waals surface area contributed by atoms with E-state index in [1.54, 1.807) is 0 Å². The Hall–Kier alpha value is -0.420. The molecule has 2 N–H and O–H groups in total. The van der Waals surface area contributed by atoms with Gasteiger partial charge in [-0.1, -0.05) is 35.0 Å². The molecule has 0 bridgehead atoms. The third-order valence-corrected chi connectivity index (χ3v) is 4.16. The molecule has 1 unspecified atom stereocenters. The Bertz CT molecular complexity index is 397. The summed E-state index contributed by atoms with van der Waals surface area (Å²) in [5.74, 6) is 0. The van der Waals surface area contributed by atoms with Gasteiger partial charge in [0, 0.05) is 30.7 Å². The average Bonchev–Trinajstić information content (AvgIpc) is 2.41. The van der Waals surface area contributed by atoms with Crippen LogP contribution in [0.2, 0.25) is 0 Å². The molecule has 1 aromatic carbocycles. The maximum atomic E-state index is 5.69. The molecule has 1 heterocycles. The number of hydrogen-bond acceptors (Lipinski definition) is 3. The molecule has 4 heteroatoms. The predicted octanol–water partition coefficient (Wildman–Crippen LogP) is 2.52. The van der Waals surface area contributed by atoms with Crippen LogP contribution in [0.4, 0.5) is 0 Å². The molecular weight excluding hydrogens is 292 g/mol. The number of hydrogen-bond donors (Lipinski definition) is 1. The van der Waals surface area contributed by atoms with Crippen LogP contribution in [0.25, 0.3) is 0 Å². The zero-order chi connectivity index (χ0) is 13.0. The second-order valence-electron chi connectivity index (χ2n) is 4.77. The van der Waals surface area contributed by atoms with Crippen molar-refractivity contribution >= 4 is 15.9 Å². The maximum absolute atomic E-state index is 5.69. The molecule has 100 valence electrons. The summed E-state index contributed by atoms with van der Waals surface area (Å²) in [6.07, 6.45) is 1.48. The van der Waals surface area contributed by atoms with Gasteiger partial charge in [-0.05, 0) is 23.6 Å². The molecule has 1 saturated heterocycles. The molecule has 0 spiro atoms. The van der Waals surface area contributed by atoms with E-state index < -0.39 is 0 Å². The SMILES string of the molecule is CCC1CN(Cc2ccc(CN)cc2Br)CCO1. The first kappa shape index (κ1) is 14.0. The fourth-order valence-electron chi connectivity index (χ4n) is 2.26. The molecule has 0 saturated carbocycles. The molecule has 1 aromatic rings. The molecule has 1 fully saturated rings. The summed E-state index contributed by atoms with van der Waals surface area (Å²) in [5, 5.41) is 0. The molecule has 18 heavy (non-hydrogen) atoms. The first-order valence-corrected chi connectivity index (χ1v) is 7.33. The lowest BCUT2D eigenvalue weighted by Crippen LogP contribution is -2.41. The van der Waals surface area contributed by atoms with E-state index in [2.05, 4.69) is 46.0 Å². The van der Waals surface area contributed by atoms with E-state index in [-0.39, 0.29) is 0 Å². The van der Waals surface area contributed by atoms with E-state index in [4.69, 9.17) is 10.5 Å². The predicted molar refractivity (Wildman–Crippen MR) is 77.3 cm³/mol. The largest absolute Gasteiger partial charge is 0.376 e. The van der Waals surface area contributed by atoms with Crippen molar-refractivity contribution in [2.75, 3.05) is 19.7 Å². The molecule has 0 aliphatic carbocycles. The number of morpholine rings is 1. The fraction of sp³-hybridized carbons (Fsp3) is 0.571. The molecule has 0 amide bonds. The third-order valence-electron chi connectivity index (χ3n) is 3.43. The van der Waals surface area contributed by atoms with Crippen LogP contribution < -0.4 is 5.73 Å². The van der Waals surface area contributed by atoms with Crippen LogP contribution in [-0.2, 0) is 17.8 Å². The zero-order valence-corrected chi connectivity index (χ0v) is 12.4. The second kappa shape index (κ2) is 6.66. The molecule has 0 radical (unpaired) electrons. The highest BCUT2D eigenvalue weighted by molar-refractivity contribution is 9.10. The summed E-state index contributed by atoms with van der Waals surface area (Å²) >= 11 is 3.63. The van der Waals surface area contributed by atoms with Crippen molar-refractivity contribution in [3.05, 3.63) is 33.8 Å². The molecule has 2 rings (SSSR count). The Kier molecular flexibility index (Phi) is 5.18. The first-order valence-electron chi connectivity index (χ1n) is 6.54. The van der Waals surface area contributed by atoms with Crippen molar-refractivity contribution in [3.8, 4) is 0 Å². The van der Waals surface area contributed by atoms with E-state index in [1.807, 2.05) is 0 Å². The van der Waals surface area contributed by atoms with E-state index in [0.29, 0.717) is 12.6 Å². The van der Waals surface area contributed by atoms with Crippen LogP contribution in [0.5, 0.6) is 0 Å². The van der Waals surface area contributed by atoms with Gasteiger partial charge >= 0.3 is 0 Å². The van der Waals surface area contributed by atoms with E-state index in [9.17, 15) is 0 Å². The lowest BCUT2D eigenvalue weighted by atomic mass is 10.1. The minimum Gasteiger partial charge on any atom is -0.376 e. The first-order chi connectivity index (χ1) is 8.72. The summed E-state index contributed by atoms with van der Waals surface area (Å²) in [7, 11) is 0. The van der Waals surface area contributed by atoms with Gasteiger partial charge in [0.05, 0.1) is 12.7 Å². The van der Waals surface area contributed by atoms with Crippen LogP contribution >= 0.6 is 15.9 Å². The molecule has 1 aliphatic rings. The number of rotatable bonds is 4. The minimum atomic E-state index is 0.390. The van der Waals surface area contributed by atoms with Crippen molar-refractivity contribution in [1.82, 2.24) is 4.90 Å². The van der Waals surface area contributed by atoms with E-state index in [0.717, 1.165) is 37.1 Å². The quantitative estimate of drug-likeness (QED) is 0.928. The van der Waals surface area contributed by atoms with Gasteiger partial charge in [-0.15, -0.1) is 0 Å². The summed E-state index contributed by atoms with van der Waals surface area (Å²) in [5.41, 5.74) is 8.13. The van der Waals surface area contributed by atoms with Gasteiger partial charge in [-0.25, -0.2) is 0 Å². The normalized spacial score (nSPS) is 21.2. The Morgan fingerprint density at radius 3 is 3.00 bits per heavy atom. The maximum Gasteiger partial charge on any atom is 0.0700 e. The Morgan fingerprint density at radius 2 is 2.33 bits per heavy atom. The van der Waals surface area contributed by atoms with Gasteiger partial charge in [0.15, 0.2) is 0 Å². The highest BCUT2D eigenvalue weighted by atomic mass is 79.9. The highest BCUT2D eigenvalue weighted by Crippen LogP contribution is 2.21. The number of nitrogens with zero attached hydrogens (tertiary/aromatic N) is 1. The summed E-state index contributed by atoms with van der Waals surface area (Å²) in [4.78, 5) is 2.46. The fourth-order valence-corrected chi connectivity index (χ4v) is 2.81. The average molecular weight is 313 g/mol. The topological polar surface area (TPSA) is 38.5 Å². The Morgan fingerprint density at radius 1 is 1.50 bits per heavy atom. The van der Waals surface area contributed by atoms with E-state index in [1.165, 1.54) is 11.1 Å². The van der Waals surface area contributed by atoms with Crippen LogP contribution in [-0.4, -0.2) is 30.7 Å². The highest BCUT2D eigenvalue weighted by Gasteiger charge is 2.19. The van der Waals surface area contributed by atoms with Gasteiger partial charge in [-0.3, -0.25) is 4.90 Å². The standard InChI is InChI=1S/C14H21BrN2O/c1-2-13-10-17(5-6-18-13)9-12-4-3-11(8-16)7-14(12)15/h3-4,7,13H,2,5-6,8-10,16H2,1H3. The van der Waals surface area contributed by atoms with Crippen molar-refractivity contribution in [2.24, 2.45) is 5.73 Å². The summed E-state index contributed by atoms with van der Waals surface area (Å²) in [6, 6.07) is 6.40. The van der Waals surface area contributed by atoms with Gasteiger partial charge in [0.2, 0.25) is 0 Å². The number of nitrogens with two attached hydrogens (primary N) is 1. The lowest BCUT2D eigenvalue weighted by Gasteiger charge is -2.32. The molecule has 1 atom stereocenters. The number of ether oxygens (including phenoxy) is 1. The number of benzene rings is 1. The van der Waals surface area contributed by atoms with Crippen molar-refractivity contribution in [3.63, 3.8) is 0 Å². The summed E-state index contributed by atoms with van der Waals surface area (Å²) < 4.78 is 6.85. The number of halogens is 1. The van der Waals surface area contributed by atoms with Crippen LogP contribution in [0.15, 0.2) is 22.7 Å². The Labute approximate surface area is 117 Å². The van der Waals surface area contributed by atoms with Gasteiger partial charge < -0.3 is 10.5 Å². The molecule has 1 aliphatic heterocycles. The van der Waals surface area contributed by atoms with Gasteiger partial charge in [-0.2, -0.15) is 0 Å². The van der Waals surface area contributed by atoms with Crippen molar-refractivity contribution < 1.29 is 4.74 Å². The zero-order valence-electron chi connectivity index (χ0n) is 10.9. The minimum absolute atomic E-state index is 0.390. The van der Waals surface area contributed by atoms with Crippen molar-refractivity contribution in [1.29, 1.82) is 0 Å². The van der Waals surface area contributed by atoms with Crippen LogP contribution in [0.1, 0.15) is 24.5 Å². The molecule has 3 nitrogen and oxygen atoms in total. The molecular formula is C14H21BrN2O. The van der Waals surface area contributed by atoms with Crippen LogP contribution in [0.3, 0.4) is 0 Å². The third kappa shape index (κ3) is 3.54. The van der Waals surface area contributed by atoms with E-state index >= 15 is 0 Å². The second-order valence-corrected chi connectivity index (χ2v) is 5.62. The Balaban J connectivity index is 2.00. The molecule has 0 aromatic heterocycles.